The molecule has 0 aromatic carbocycles. The number of hydrogen-bond acceptors (Lipinski definition) is 5. The molecule has 1 unspecified atom stereocenters. The van der Waals surface area contributed by atoms with E-state index in [4.69, 9.17) is 4.42 Å². The number of thioether (sulfide) groups is 1. The van der Waals surface area contributed by atoms with Crippen molar-refractivity contribution in [3.63, 3.8) is 0 Å². The lowest BCUT2D eigenvalue weighted by Gasteiger charge is -2.06. The van der Waals surface area contributed by atoms with Gasteiger partial charge < -0.3 is 8.98 Å². The van der Waals surface area contributed by atoms with E-state index < -0.39 is 0 Å². The van der Waals surface area contributed by atoms with Crippen molar-refractivity contribution in [2.45, 2.75) is 24.3 Å². The number of furan rings is 1. The molecule has 0 saturated heterocycles. The summed E-state index contributed by atoms with van der Waals surface area (Å²) in [7, 11) is 1.85. The van der Waals surface area contributed by atoms with E-state index in [1.807, 2.05) is 24.6 Å². The second kappa shape index (κ2) is 4.75. The van der Waals surface area contributed by atoms with Crippen molar-refractivity contribution in [2.75, 3.05) is 0 Å². The van der Waals surface area contributed by atoms with Gasteiger partial charge in [-0.2, -0.15) is 0 Å². The summed E-state index contributed by atoms with van der Waals surface area (Å²) < 4.78 is 7.09. The molecule has 2 aromatic rings. The molecular weight excluding hydrogens is 238 g/mol. The first-order valence-corrected chi connectivity index (χ1v) is 6.08. The first kappa shape index (κ1) is 11.9. The van der Waals surface area contributed by atoms with Gasteiger partial charge in [0.05, 0.1) is 11.5 Å². The molecule has 5 nitrogen and oxygen atoms in total. The zero-order valence-corrected chi connectivity index (χ0v) is 10.7. The number of ketones is 1. The highest BCUT2D eigenvalue weighted by Crippen LogP contribution is 2.25. The molecule has 0 fully saturated rings. The lowest BCUT2D eigenvalue weighted by atomic mass is 10.3. The quantitative estimate of drug-likeness (QED) is 0.779. The SMILES string of the molecule is CC(=O)C(C)Sc1nnc(-c2ccco2)n1C. The summed E-state index contributed by atoms with van der Waals surface area (Å²) >= 11 is 1.39. The Hall–Kier alpha value is -1.56. The van der Waals surface area contributed by atoms with Crippen molar-refractivity contribution < 1.29 is 9.21 Å². The molecule has 0 radical (unpaired) electrons. The van der Waals surface area contributed by atoms with Crippen LogP contribution in [-0.2, 0) is 11.8 Å². The normalized spacial score (nSPS) is 12.6. The smallest absolute Gasteiger partial charge is 0.200 e. The highest BCUT2D eigenvalue weighted by Gasteiger charge is 2.17. The molecule has 0 bridgehead atoms. The first-order chi connectivity index (χ1) is 8.09. The molecule has 0 aliphatic heterocycles. The van der Waals surface area contributed by atoms with Crippen LogP contribution in [-0.4, -0.2) is 25.8 Å². The predicted molar refractivity (Wildman–Crippen MR) is 64.7 cm³/mol. The molecule has 6 heteroatoms. The fourth-order valence-corrected chi connectivity index (χ4v) is 2.09. The standard InChI is InChI=1S/C11H13N3O2S/c1-7(15)8(2)17-11-13-12-10(14(11)3)9-5-4-6-16-9/h4-6,8H,1-3H3. The highest BCUT2D eigenvalue weighted by atomic mass is 32.2. The van der Waals surface area contributed by atoms with Gasteiger partial charge >= 0.3 is 0 Å². The molecule has 0 N–H and O–H groups in total. The van der Waals surface area contributed by atoms with Crippen molar-refractivity contribution in [1.82, 2.24) is 14.8 Å². The molecule has 0 amide bonds. The summed E-state index contributed by atoms with van der Waals surface area (Å²) in [5.41, 5.74) is 0. The van der Waals surface area contributed by atoms with Crippen LogP contribution < -0.4 is 0 Å². The van der Waals surface area contributed by atoms with Gasteiger partial charge in [0, 0.05) is 7.05 Å². The Morgan fingerprint density at radius 2 is 2.29 bits per heavy atom. The minimum Gasteiger partial charge on any atom is -0.461 e. The average molecular weight is 251 g/mol. The van der Waals surface area contributed by atoms with Crippen LogP contribution in [0.5, 0.6) is 0 Å². The number of Topliss-reactive ketones (excluding diaryl/α,β-unsaturated/α-hetero) is 1. The average Bonchev–Trinajstić information content (AvgIpc) is 2.89. The van der Waals surface area contributed by atoms with E-state index in [1.54, 1.807) is 19.3 Å². The topological polar surface area (TPSA) is 60.9 Å². The van der Waals surface area contributed by atoms with Crippen LogP contribution in [0.1, 0.15) is 13.8 Å². The molecule has 0 saturated carbocycles. The van der Waals surface area contributed by atoms with Gasteiger partial charge in [0.1, 0.15) is 5.78 Å². The number of aromatic nitrogens is 3. The van der Waals surface area contributed by atoms with Crippen LogP contribution in [0, 0.1) is 0 Å². The zero-order chi connectivity index (χ0) is 12.4. The van der Waals surface area contributed by atoms with Gasteiger partial charge in [-0.15, -0.1) is 10.2 Å². The van der Waals surface area contributed by atoms with E-state index in [2.05, 4.69) is 10.2 Å². The van der Waals surface area contributed by atoms with Gasteiger partial charge in [0.15, 0.2) is 16.7 Å². The van der Waals surface area contributed by atoms with Gasteiger partial charge in [-0.1, -0.05) is 11.8 Å². The maximum absolute atomic E-state index is 11.2. The van der Waals surface area contributed by atoms with Crippen molar-refractivity contribution in [2.24, 2.45) is 7.05 Å². The lowest BCUT2D eigenvalue weighted by molar-refractivity contribution is -0.116. The molecule has 2 aromatic heterocycles. The van der Waals surface area contributed by atoms with Crippen molar-refractivity contribution >= 4 is 17.5 Å². The fourth-order valence-electron chi connectivity index (χ4n) is 1.28. The van der Waals surface area contributed by atoms with Crippen LogP contribution >= 0.6 is 11.8 Å². The third-order valence-electron chi connectivity index (χ3n) is 2.43. The van der Waals surface area contributed by atoms with E-state index in [0.29, 0.717) is 16.7 Å². The number of nitrogens with zero attached hydrogens (tertiary/aromatic N) is 3. The highest BCUT2D eigenvalue weighted by molar-refractivity contribution is 8.00. The number of rotatable bonds is 4. The Morgan fingerprint density at radius 1 is 1.53 bits per heavy atom. The zero-order valence-electron chi connectivity index (χ0n) is 9.88. The second-order valence-electron chi connectivity index (χ2n) is 3.71. The summed E-state index contributed by atoms with van der Waals surface area (Å²) in [5.74, 6) is 1.45. The Kier molecular flexibility index (Phi) is 3.33. The van der Waals surface area contributed by atoms with E-state index in [1.165, 1.54) is 11.8 Å². The summed E-state index contributed by atoms with van der Waals surface area (Å²) in [6.07, 6.45) is 1.59. The van der Waals surface area contributed by atoms with E-state index >= 15 is 0 Å². The predicted octanol–water partition coefficient (Wildman–Crippen LogP) is 2.14. The summed E-state index contributed by atoms with van der Waals surface area (Å²) in [4.78, 5) is 11.2. The van der Waals surface area contributed by atoms with Gasteiger partial charge in [0.2, 0.25) is 0 Å². The minimum absolute atomic E-state index is 0.123. The number of carbonyl (C=O) groups excluding carboxylic acids is 1. The van der Waals surface area contributed by atoms with Gasteiger partial charge in [-0.05, 0) is 26.0 Å². The van der Waals surface area contributed by atoms with Crippen LogP contribution in [0.4, 0.5) is 0 Å². The van der Waals surface area contributed by atoms with Crippen molar-refractivity contribution in [3.8, 4) is 11.6 Å². The Bertz CT molecular complexity index is 519. The first-order valence-electron chi connectivity index (χ1n) is 5.20. The molecule has 2 rings (SSSR count). The maximum Gasteiger partial charge on any atom is 0.200 e. The number of hydrogen-bond donors (Lipinski definition) is 0. The summed E-state index contributed by atoms with van der Waals surface area (Å²) in [5, 5.41) is 8.70. The lowest BCUT2D eigenvalue weighted by Crippen LogP contribution is -2.09. The van der Waals surface area contributed by atoms with Gasteiger partial charge in [0.25, 0.3) is 0 Å². The molecular formula is C11H13N3O2S. The van der Waals surface area contributed by atoms with Crippen LogP contribution in [0.25, 0.3) is 11.6 Å². The molecule has 17 heavy (non-hydrogen) atoms. The van der Waals surface area contributed by atoms with Gasteiger partial charge in [-0.25, -0.2) is 0 Å². The monoisotopic (exact) mass is 251 g/mol. The molecule has 1 atom stereocenters. The molecule has 0 aliphatic carbocycles. The molecule has 2 heterocycles. The van der Waals surface area contributed by atoms with Crippen molar-refractivity contribution in [1.29, 1.82) is 0 Å². The Labute approximate surface area is 103 Å². The van der Waals surface area contributed by atoms with Crippen molar-refractivity contribution in [3.05, 3.63) is 18.4 Å². The largest absolute Gasteiger partial charge is 0.461 e. The van der Waals surface area contributed by atoms with Crippen LogP contribution in [0.2, 0.25) is 0 Å². The maximum atomic E-state index is 11.2. The molecule has 0 aliphatic rings. The third-order valence-corrected chi connectivity index (χ3v) is 3.68. The minimum atomic E-state index is -0.123. The molecule has 0 spiro atoms. The van der Waals surface area contributed by atoms with E-state index in [9.17, 15) is 4.79 Å². The molecule has 90 valence electrons. The summed E-state index contributed by atoms with van der Waals surface area (Å²) in [6, 6.07) is 3.63. The third kappa shape index (κ3) is 2.41. The van der Waals surface area contributed by atoms with E-state index in [0.717, 1.165) is 0 Å². The summed E-state index contributed by atoms with van der Waals surface area (Å²) in [6.45, 7) is 3.43. The van der Waals surface area contributed by atoms with Crippen LogP contribution in [0.15, 0.2) is 28.0 Å². The van der Waals surface area contributed by atoms with Gasteiger partial charge in [-0.3, -0.25) is 4.79 Å². The second-order valence-corrected chi connectivity index (χ2v) is 5.02. The number of carbonyl (C=O) groups is 1. The van der Waals surface area contributed by atoms with Crippen LogP contribution in [0.3, 0.4) is 0 Å². The fraction of sp³-hybridized carbons (Fsp3) is 0.364. The Balaban J connectivity index is 2.24. The van der Waals surface area contributed by atoms with E-state index in [-0.39, 0.29) is 11.0 Å². The Morgan fingerprint density at radius 3 is 2.88 bits per heavy atom.